The number of thiophene rings is 1. The van der Waals surface area contributed by atoms with Crippen LogP contribution in [0.2, 0.25) is 0 Å². The lowest BCUT2D eigenvalue weighted by Gasteiger charge is -2.18. The Hall–Kier alpha value is -3.71. The second-order valence-electron chi connectivity index (χ2n) is 7.39. The van der Waals surface area contributed by atoms with Gasteiger partial charge in [0, 0.05) is 16.8 Å². The summed E-state index contributed by atoms with van der Waals surface area (Å²) < 4.78 is 52.1. The van der Waals surface area contributed by atoms with Crippen molar-refractivity contribution >= 4 is 39.0 Å². The van der Waals surface area contributed by atoms with Crippen LogP contribution in [0.3, 0.4) is 0 Å². The number of rotatable bonds is 4. The fraction of sp³-hybridized carbons (Fsp3) is 0.238. The monoisotopic (exact) mass is 490 g/mol. The third-order valence-corrected chi connectivity index (χ3v) is 6.29. The maximum absolute atomic E-state index is 13.9. The lowest BCUT2D eigenvalue weighted by molar-refractivity contribution is -0.759. The average Bonchev–Trinajstić information content (AvgIpc) is 3.43. The molecule has 0 aliphatic carbocycles. The van der Waals surface area contributed by atoms with E-state index in [1.165, 1.54) is 11.0 Å². The molecule has 34 heavy (non-hydrogen) atoms. The van der Waals surface area contributed by atoms with Crippen LogP contribution in [0.5, 0.6) is 0 Å². The maximum Gasteiger partial charge on any atom is 0.417 e. The van der Waals surface area contributed by atoms with E-state index in [1.807, 2.05) is 5.01 Å². The summed E-state index contributed by atoms with van der Waals surface area (Å²) in [4.78, 5) is 9.42. The van der Waals surface area contributed by atoms with Gasteiger partial charge in [-0.1, -0.05) is 30.3 Å². The Morgan fingerprint density at radius 2 is 1.94 bits per heavy atom. The zero-order valence-electron chi connectivity index (χ0n) is 17.5. The fourth-order valence-corrected chi connectivity index (χ4v) is 4.59. The van der Waals surface area contributed by atoms with E-state index in [0.29, 0.717) is 31.9 Å². The molecule has 176 valence electrons. The molecule has 3 aromatic heterocycles. The van der Waals surface area contributed by atoms with Gasteiger partial charge in [0.1, 0.15) is 4.83 Å². The molecule has 0 spiro atoms. The molecule has 0 atom stereocenters. The first-order valence-electron chi connectivity index (χ1n) is 10.1. The Balaban J connectivity index is 1.56. The van der Waals surface area contributed by atoms with E-state index in [9.17, 15) is 18.3 Å². The van der Waals surface area contributed by atoms with Crippen molar-refractivity contribution in [3.63, 3.8) is 0 Å². The Morgan fingerprint density at radius 3 is 2.65 bits per heavy atom. The molecule has 1 fully saturated rings. The highest BCUT2D eigenvalue weighted by Gasteiger charge is 2.36. The normalized spacial score (nSPS) is 15.3. The van der Waals surface area contributed by atoms with Gasteiger partial charge in [-0.05, 0) is 6.07 Å². The summed E-state index contributed by atoms with van der Waals surface area (Å²) in [5, 5.41) is 18.2. The van der Waals surface area contributed by atoms with Gasteiger partial charge in [0.05, 0.1) is 52.9 Å². The summed E-state index contributed by atoms with van der Waals surface area (Å²) in [7, 11) is 0. The molecule has 13 heteroatoms. The largest absolute Gasteiger partial charge is 0.857 e. The summed E-state index contributed by atoms with van der Waals surface area (Å²) in [6.45, 7) is 2.18. The number of ether oxygens (including phenoxy) is 1. The molecule has 1 saturated heterocycles. The number of hydrogen-bond acceptors (Lipinski definition) is 9. The smallest absolute Gasteiger partial charge is 0.417 e. The van der Waals surface area contributed by atoms with E-state index in [1.54, 1.807) is 30.3 Å². The number of morpholine rings is 1. The van der Waals surface area contributed by atoms with Crippen LogP contribution in [-0.2, 0) is 10.9 Å². The van der Waals surface area contributed by atoms with Crippen LogP contribution in [-0.4, -0.2) is 42.5 Å². The summed E-state index contributed by atoms with van der Waals surface area (Å²) in [6.07, 6.45) is -3.30. The van der Waals surface area contributed by atoms with Crippen molar-refractivity contribution in [2.24, 2.45) is 4.99 Å². The average molecular weight is 490 g/mol. The van der Waals surface area contributed by atoms with E-state index in [4.69, 9.17) is 15.0 Å². The van der Waals surface area contributed by atoms with Crippen LogP contribution in [0.1, 0.15) is 10.4 Å². The van der Waals surface area contributed by atoms with Crippen molar-refractivity contribution in [1.29, 1.82) is 0 Å². The molecule has 4 aromatic rings. The molecule has 5 rings (SSSR count). The SMILES string of the molecule is Nc1c(/C([O-])=N/c2c[n+](N3CCOCC3)no2)sc2nc(-c3ccccc3)cc(C(F)(F)F)c12. The molecule has 0 radical (unpaired) electrons. The lowest BCUT2D eigenvalue weighted by Crippen LogP contribution is -2.62. The number of aliphatic imine (C=N–C) groups is 1. The number of nitrogen functional groups attached to an aromatic ring is 1. The topological polar surface area (TPSA) is 117 Å². The van der Waals surface area contributed by atoms with Gasteiger partial charge < -0.3 is 15.6 Å². The van der Waals surface area contributed by atoms with E-state index >= 15 is 0 Å². The van der Waals surface area contributed by atoms with Gasteiger partial charge in [-0.3, -0.25) is 4.52 Å². The zero-order chi connectivity index (χ0) is 23.9. The van der Waals surface area contributed by atoms with E-state index in [-0.39, 0.29) is 32.4 Å². The minimum absolute atomic E-state index is 0.00863. The van der Waals surface area contributed by atoms with Crippen LogP contribution in [0, 0.1) is 0 Å². The van der Waals surface area contributed by atoms with Crippen molar-refractivity contribution in [3.05, 3.63) is 53.0 Å². The van der Waals surface area contributed by atoms with Gasteiger partial charge in [0.2, 0.25) is 5.27 Å². The second kappa shape index (κ2) is 8.57. The number of nitrogens with two attached hydrogens (primary N) is 1. The predicted molar refractivity (Wildman–Crippen MR) is 116 cm³/mol. The quantitative estimate of drug-likeness (QED) is 0.265. The Morgan fingerprint density at radius 1 is 1.21 bits per heavy atom. The fourth-order valence-electron chi connectivity index (χ4n) is 3.58. The first kappa shape index (κ1) is 22.1. The molecule has 1 aromatic carbocycles. The minimum atomic E-state index is -4.70. The summed E-state index contributed by atoms with van der Waals surface area (Å²) >= 11 is 0.750. The predicted octanol–water partition coefficient (Wildman–Crippen LogP) is 2.25. The van der Waals surface area contributed by atoms with Crippen LogP contribution in [0.15, 0.2) is 52.1 Å². The van der Waals surface area contributed by atoms with Crippen LogP contribution < -0.4 is 20.6 Å². The summed E-state index contributed by atoms with van der Waals surface area (Å²) in [5.41, 5.74) is 5.36. The molecule has 4 heterocycles. The molecular formula is C21H17F3N6O3S. The Labute approximate surface area is 194 Å². The molecular weight excluding hydrogens is 473 g/mol. The van der Waals surface area contributed by atoms with Crippen molar-refractivity contribution in [2.45, 2.75) is 6.18 Å². The zero-order valence-corrected chi connectivity index (χ0v) is 18.3. The molecule has 1 aliphatic heterocycles. The number of fused-ring (bicyclic) bond motifs is 1. The second-order valence-corrected chi connectivity index (χ2v) is 8.39. The van der Waals surface area contributed by atoms with Crippen LogP contribution in [0.25, 0.3) is 21.5 Å². The lowest BCUT2D eigenvalue weighted by atomic mass is 10.1. The molecule has 1 aliphatic rings. The van der Waals surface area contributed by atoms with E-state index in [0.717, 1.165) is 17.4 Å². The van der Waals surface area contributed by atoms with Gasteiger partial charge in [-0.2, -0.15) is 13.2 Å². The maximum atomic E-state index is 13.9. The molecule has 0 amide bonds. The molecule has 2 N–H and O–H groups in total. The standard InChI is InChI=1S/C21H17F3N6O3S/c22-21(23,24)13-10-14(12-4-2-1-3-5-12)26-20-16(13)17(25)18(34-20)19(31)27-15-11-30(28-33-15)29-6-8-32-9-7-29/h1-5,10-11H,6-9H2,(H2-,25,27,28,31). The highest BCUT2D eigenvalue weighted by atomic mass is 32.1. The molecule has 0 unspecified atom stereocenters. The summed E-state index contributed by atoms with van der Waals surface area (Å²) in [5.74, 6) is -0.956. The third kappa shape index (κ3) is 4.15. The van der Waals surface area contributed by atoms with Gasteiger partial charge in [-0.15, -0.1) is 16.3 Å². The first-order chi connectivity index (χ1) is 16.3. The number of pyridine rings is 1. The third-order valence-electron chi connectivity index (χ3n) is 5.20. The van der Waals surface area contributed by atoms with Crippen molar-refractivity contribution in [1.82, 2.24) is 10.3 Å². The highest BCUT2D eigenvalue weighted by molar-refractivity contribution is 7.21. The number of anilines is 1. The minimum Gasteiger partial charge on any atom is -0.857 e. The van der Waals surface area contributed by atoms with Crippen LogP contribution in [0.4, 0.5) is 24.7 Å². The van der Waals surface area contributed by atoms with E-state index < -0.39 is 17.6 Å². The van der Waals surface area contributed by atoms with Gasteiger partial charge >= 0.3 is 12.1 Å². The number of halogens is 3. The first-order valence-corrected chi connectivity index (χ1v) is 11.0. The Kier molecular flexibility index (Phi) is 5.57. The summed E-state index contributed by atoms with van der Waals surface area (Å²) in [6, 6.07) is 9.39. The van der Waals surface area contributed by atoms with Gasteiger partial charge in [0.15, 0.2) is 0 Å². The number of benzene rings is 1. The number of alkyl halides is 3. The van der Waals surface area contributed by atoms with Gasteiger partial charge in [0.25, 0.3) is 6.20 Å². The van der Waals surface area contributed by atoms with Crippen molar-refractivity contribution < 1.29 is 32.3 Å². The van der Waals surface area contributed by atoms with Crippen LogP contribution >= 0.6 is 11.3 Å². The van der Waals surface area contributed by atoms with E-state index in [2.05, 4.69) is 15.2 Å². The molecule has 9 nitrogen and oxygen atoms in total. The Bertz CT molecular complexity index is 1360. The van der Waals surface area contributed by atoms with Gasteiger partial charge in [-0.25, -0.2) is 9.98 Å². The number of nitrogens with zero attached hydrogens (tertiary/aromatic N) is 5. The molecule has 0 bridgehead atoms. The number of aromatic nitrogens is 3. The number of hydrogen-bond donors (Lipinski definition) is 1. The van der Waals surface area contributed by atoms with Crippen molar-refractivity contribution in [3.8, 4) is 11.3 Å². The highest BCUT2D eigenvalue weighted by Crippen LogP contribution is 2.43. The van der Waals surface area contributed by atoms with Crippen molar-refractivity contribution in [2.75, 3.05) is 37.0 Å². The molecule has 0 saturated carbocycles.